The molecule has 0 saturated heterocycles. The minimum atomic E-state index is -0.527. The molecule has 0 aliphatic carbocycles. The molecular formula is C19H20ClFN2O2S. The smallest absolute Gasteiger partial charge is 0.261 e. The number of anilines is 1. The Labute approximate surface area is 162 Å². The van der Waals surface area contributed by atoms with Crippen LogP contribution in [-0.4, -0.2) is 17.6 Å². The number of hydrogen-bond donors (Lipinski definition) is 2. The highest BCUT2D eigenvalue weighted by atomic mass is 35.5. The highest BCUT2D eigenvalue weighted by Crippen LogP contribution is 2.20. The van der Waals surface area contributed by atoms with Gasteiger partial charge in [-0.3, -0.25) is 10.1 Å². The number of unbranched alkanes of at least 4 members (excludes halogenated alkanes) is 2. The van der Waals surface area contributed by atoms with Crippen molar-refractivity contribution >= 4 is 40.5 Å². The first kappa shape index (κ1) is 20.1. The summed E-state index contributed by atoms with van der Waals surface area (Å²) in [5.41, 5.74) is 0.871. The van der Waals surface area contributed by atoms with Crippen molar-refractivity contribution < 1.29 is 13.9 Å². The van der Waals surface area contributed by atoms with E-state index in [1.54, 1.807) is 18.2 Å². The van der Waals surface area contributed by atoms with Gasteiger partial charge in [0.1, 0.15) is 11.6 Å². The van der Waals surface area contributed by atoms with Crippen molar-refractivity contribution in [3.05, 3.63) is 58.9 Å². The Morgan fingerprint density at radius 2 is 2.00 bits per heavy atom. The minimum Gasteiger partial charge on any atom is -0.493 e. The van der Waals surface area contributed by atoms with Gasteiger partial charge in [0.15, 0.2) is 5.11 Å². The van der Waals surface area contributed by atoms with Crippen molar-refractivity contribution in [1.82, 2.24) is 5.32 Å². The van der Waals surface area contributed by atoms with E-state index < -0.39 is 5.82 Å². The van der Waals surface area contributed by atoms with Gasteiger partial charge in [0.05, 0.1) is 17.2 Å². The number of hydrogen-bond acceptors (Lipinski definition) is 3. The standard InChI is InChI=1S/C19H20ClFN2O2S/c1-2-3-6-11-25-17-8-5-4-7-14(17)18(24)23-19(26)22-13-9-10-16(21)15(20)12-13/h4-5,7-10,12H,2-3,6,11H2,1H3,(H2,22,23,24,26). The van der Waals surface area contributed by atoms with E-state index in [1.807, 2.05) is 6.07 Å². The lowest BCUT2D eigenvalue weighted by molar-refractivity contribution is 0.0973. The van der Waals surface area contributed by atoms with Crippen LogP contribution in [0.15, 0.2) is 42.5 Å². The van der Waals surface area contributed by atoms with Crippen molar-refractivity contribution in [2.24, 2.45) is 0 Å². The maximum Gasteiger partial charge on any atom is 0.261 e. The Balaban J connectivity index is 1.98. The van der Waals surface area contributed by atoms with E-state index in [0.29, 0.717) is 23.6 Å². The number of halogens is 2. The van der Waals surface area contributed by atoms with Gasteiger partial charge in [0.25, 0.3) is 5.91 Å². The molecule has 2 N–H and O–H groups in total. The number of ether oxygens (including phenoxy) is 1. The summed E-state index contributed by atoms with van der Waals surface area (Å²) < 4.78 is 18.9. The molecule has 1 amide bonds. The van der Waals surface area contributed by atoms with Crippen LogP contribution in [0.5, 0.6) is 5.75 Å². The molecule has 0 saturated carbocycles. The second-order valence-electron chi connectivity index (χ2n) is 5.59. The third-order valence-electron chi connectivity index (χ3n) is 3.54. The summed E-state index contributed by atoms with van der Waals surface area (Å²) in [6.07, 6.45) is 3.10. The lowest BCUT2D eigenvalue weighted by Gasteiger charge is -2.13. The van der Waals surface area contributed by atoms with Crippen molar-refractivity contribution in [3.8, 4) is 5.75 Å². The molecule has 0 heterocycles. The number of thiocarbonyl (C=S) groups is 1. The van der Waals surface area contributed by atoms with E-state index in [2.05, 4.69) is 17.6 Å². The molecule has 0 fully saturated rings. The van der Waals surface area contributed by atoms with Gasteiger partial charge >= 0.3 is 0 Å². The maximum atomic E-state index is 13.2. The first-order chi connectivity index (χ1) is 12.5. The van der Waals surface area contributed by atoms with Gasteiger partial charge < -0.3 is 10.1 Å². The zero-order valence-corrected chi connectivity index (χ0v) is 15.9. The van der Waals surface area contributed by atoms with Crippen LogP contribution in [0.1, 0.15) is 36.5 Å². The van der Waals surface area contributed by atoms with Crippen molar-refractivity contribution in [3.63, 3.8) is 0 Å². The van der Waals surface area contributed by atoms with Gasteiger partial charge in [-0.05, 0) is 49.0 Å². The fraction of sp³-hybridized carbons (Fsp3) is 0.263. The first-order valence-corrected chi connectivity index (χ1v) is 9.09. The summed E-state index contributed by atoms with van der Waals surface area (Å²) in [5, 5.41) is 5.43. The summed E-state index contributed by atoms with van der Waals surface area (Å²) in [6.45, 7) is 2.67. The van der Waals surface area contributed by atoms with Crippen molar-refractivity contribution in [2.75, 3.05) is 11.9 Å². The average molecular weight is 395 g/mol. The number of nitrogens with one attached hydrogen (secondary N) is 2. The van der Waals surface area contributed by atoms with Crippen molar-refractivity contribution in [1.29, 1.82) is 0 Å². The molecule has 0 radical (unpaired) electrons. The predicted octanol–water partition coefficient (Wildman–Crippen LogP) is 5.17. The summed E-state index contributed by atoms with van der Waals surface area (Å²) in [4.78, 5) is 12.5. The van der Waals surface area contributed by atoms with Crippen LogP contribution in [0.25, 0.3) is 0 Å². The fourth-order valence-electron chi connectivity index (χ4n) is 2.22. The monoisotopic (exact) mass is 394 g/mol. The number of benzene rings is 2. The molecular weight excluding hydrogens is 375 g/mol. The van der Waals surface area contributed by atoms with E-state index >= 15 is 0 Å². The third kappa shape index (κ3) is 5.97. The van der Waals surface area contributed by atoms with Gasteiger partial charge in [0.2, 0.25) is 0 Å². The SMILES string of the molecule is CCCCCOc1ccccc1C(=O)NC(=S)Nc1ccc(F)c(Cl)c1. The minimum absolute atomic E-state index is 0.0325. The number of para-hydroxylation sites is 1. The van der Waals surface area contributed by atoms with Gasteiger partial charge in [-0.2, -0.15) is 0 Å². The van der Waals surface area contributed by atoms with E-state index in [0.717, 1.165) is 19.3 Å². The normalized spacial score (nSPS) is 10.3. The molecule has 0 atom stereocenters. The number of rotatable bonds is 7. The second kappa shape index (κ2) is 10.1. The molecule has 0 unspecified atom stereocenters. The summed E-state index contributed by atoms with van der Waals surface area (Å²) in [5.74, 6) is -0.406. The molecule has 2 rings (SSSR count). The fourth-order valence-corrected chi connectivity index (χ4v) is 2.61. The average Bonchev–Trinajstić information content (AvgIpc) is 2.62. The Morgan fingerprint density at radius 1 is 1.23 bits per heavy atom. The van der Waals surface area contributed by atoms with Gasteiger partial charge in [-0.15, -0.1) is 0 Å². The zero-order valence-electron chi connectivity index (χ0n) is 14.4. The Kier molecular flexibility index (Phi) is 7.81. The molecule has 4 nitrogen and oxygen atoms in total. The van der Waals surface area contributed by atoms with Crippen LogP contribution in [0, 0.1) is 5.82 Å². The maximum absolute atomic E-state index is 13.2. The molecule has 0 aliphatic heterocycles. The molecule has 138 valence electrons. The van der Waals surface area contributed by atoms with Crippen molar-refractivity contribution in [2.45, 2.75) is 26.2 Å². The molecule has 0 aliphatic rings. The Bertz CT molecular complexity index is 786. The largest absolute Gasteiger partial charge is 0.493 e. The van der Waals surface area contributed by atoms with E-state index in [1.165, 1.54) is 18.2 Å². The lowest BCUT2D eigenvalue weighted by atomic mass is 10.2. The first-order valence-electron chi connectivity index (χ1n) is 8.30. The van der Waals surface area contributed by atoms with E-state index in [9.17, 15) is 9.18 Å². The Morgan fingerprint density at radius 3 is 2.73 bits per heavy atom. The van der Waals surface area contributed by atoms with Gasteiger partial charge in [-0.25, -0.2) is 4.39 Å². The molecule has 2 aromatic carbocycles. The van der Waals surface area contributed by atoms with Crippen LogP contribution >= 0.6 is 23.8 Å². The second-order valence-corrected chi connectivity index (χ2v) is 6.40. The Hall–Kier alpha value is -2.18. The number of carbonyl (C=O) groups is 1. The molecule has 26 heavy (non-hydrogen) atoms. The van der Waals surface area contributed by atoms with Crippen LogP contribution < -0.4 is 15.4 Å². The van der Waals surface area contributed by atoms with Crippen LogP contribution in [-0.2, 0) is 0 Å². The van der Waals surface area contributed by atoms with E-state index in [4.69, 9.17) is 28.6 Å². The highest BCUT2D eigenvalue weighted by molar-refractivity contribution is 7.80. The molecule has 2 aromatic rings. The lowest BCUT2D eigenvalue weighted by Crippen LogP contribution is -2.34. The highest BCUT2D eigenvalue weighted by Gasteiger charge is 2.14. The van der Waals surface area contributed by atoms with Crippen LogP contribution in [0.3, 0.4) is 0 Å². The zero-order chi connectivity index (χ0) is 18.9. The third-order valence-corrected chi connectivity index (χ3v) is 4.04. The van der Waals surface area contributed by atoms with Gasteiger partial charge in [0, 0.05) is 5.69 Å². The van der Waals surface area contributed by atoms with E-state index in [-0.39, 0.29) is 16.0 Å². The summed E-state index contributed by atoms with van der Waals surface area (Å²) in [6, 6.07) is 11.1. The molecule has 0 spiro atoms. The number of carbonyl (C=O) groups excluding carboxylic acids is 1. The summed E-state index contributed by atoms with van der Waals surface area (Å²) >= 11 is 10.9. The predicted molar refractivity (Wildman–Crippen MR) is 107 cm³/mol. The van der Waals surface area contributed by atoms with Crippen LogP contribution in [0.4, 0.5) is 10.1 Å². The van der Waals surface area contributed by atoms with Crippen LogP contribution in [0.2, 0.25) is 5.02 Å². The quantitative estimate of drug-likeness (QED) is 0.502. The topological polar surface area (TPSA) is 50.4 Å². The molecule has 0 aromatic heterocycles. The summed E-state index contributed by atoms with van der Waals surface area (Å²) in [7, 11) is 0. The molecule has 0 bridgehead atoms. The van der Waals surface area contributed by atoms with Gasteiger partial charge in [-0.1, -0.05) is 43.5 Å². The number of amides is 1. The molecule has 7 heteroatoms.